The van der Waals surface area contributed by atoms with Crippen LogP contribution in [0.15, 0.2) is 55.1 Å². The first kappa shape index (κ1) is 12.7. The van der Waals surface area contributed by atoms with Gasteiger partial charge in [-0.2, -0.15) is 0 Å². The highest BCUT2D eigenvalue weighted by Crippen LogP contribution is 2.33. The zero-order valence-electron chi connectivity index (χ0n) is 10.2. The molecule has 0 amide bonds. The standard InChI is InChI=1S/C16H15ClO/c1-3-14(12-5-7-13(17)8-6-12)15-10-11(2)4-9-16(15)18/h3-10,14,18H,1H2,2H3. The molecule has 92 valence electrons. The number of aromatic hydroxyl groups is 1. The van der Waals surface area contributed by atoms with Gasteiger partial charge < -0.3 is 5.11 Å². The van der Waals surface area contributed by atoms with E-state index in [1.54, 1.807) is 6.07 Å². The molecule has 2 heteroatoms. The van der Waals surface area contributed by atoms with Gasteiger partial charge in [0.25, 0.3) is 0 Å². The van der Waals surface area contributed by atoms with E-state index in [1.807, 2.05) is 49.4 Å². The van der Waals surface area contributed by atoms with Crippen LogP contribution in [0.5, 0.6) is 5.75 Å². The largest absolute Gasteiger partial charge is 0.508 e. The Labute approximate surface area is 112 Å². The molecule has 1 N–H and O–H groups in total. The highest BCUT2D eigenvalue weighted by Gasteiger charge is 2.14. The van der Waals surface area contributed by atoms with E-state index in [0.717, 1.165) is 16.7 Å². The van der Waals surface area contributed by atoms with Crippen molar-refractivity contribution in [1.29, 1.82) is 0 Å². The number of phenolic OH excluding ortho intramolecular Hbond substituents is 1. The van der Waals surface area contributed by atoms with Gasteiger partial charge in [-0.1, -0.05) is 47.5 Å². The molecule has 2 aromatic rings. The van der Waals surface area contributed by atoms with Crippen LogP contribution in [0.2, 0.25) is 5.02 Å². The molecule has 0 aliphatic carbocycles. The highest BCUT2D eigenvalue weighted by atomic mass is 35.5. The second-order valence-corrected chi connectivity index (χ2v) is 4.76. The molecule has 0 aliphatic heterocycles. The molecule has 2 aromatic carbocycles. The van der Waals surface area contributed by atoms with Crippen molar-refractivity contribution in [2.75, 3.05) is 0 Å². The number of hydrogen-bond acceptors (Lipinski definition) is 1. The first-order valence-electron chi connectivity index (χ1n) is 5.79. The van der Waals surface area contributed by atoms with Gasteiger partial charge in [0.2, 0.25) is 0 Å². The Bertz CT molecular complexity index is 558. The molecular formula is C16H15ClO. The molecule has 2 rings (SSSR count). The zero-order chi connectivity index (χ0) is 13.1. The number of benzene rings is 2. The van der Waals surface area contributed by atoms with Crippen LogP contribution in [0.3, 0.4) is 0 Å². The summed E-state index contributed by atoms with van der Waals surface area (Å²) in [4.78, 5) is 0. The molecule has 0 aromatic heterocycles. The second kappa shape index (κ2) is 5.28. The third-order valence-corrected chi connectivity index (χ3v) is 3.23. The van der Waals surface area contributed by atoms with Crippen LogP contribution in [0.1, 0.15) is 22.6 Å². The maximum absolute atomic E-state index is 9.98. The Morgan fingerprint density at radius 1 is 1.17 bits per heavy atom. The summed E-state index contributed by atoms with van der Waals surface area (Å²) in [5.74, 6) is 0.266. The van der Waals surface area contributed by atoms with Crippen molar-refractivity contribution in [2.45, 2.75) is 12.8 Å². The Morgan fingerprint density at radius 2 is 1.83 bits per heavy atom. The molecule has 0 radical (unpaired) electrons. The number of halogens is 1. The molecule has 0 aliphatic rings. The minimum atomic E-state index is -0.0258. The molecule has 0 bridgehead atoms. The molecule has 0 fully saturated rings. The van der Waals surface area contributed by atoms with Crippen molar-refractivity contribution in [2.24, 2.45) is 0 Å². The number of rotatable bonds is 3. The maximum atomic E-state index is 9.98. The molecule has 1 atom stereocenters. The van der Waals surface area contributed by atoms with Crippen LogP contribution in [0, 0.1) is 6.92 Å². The summed E-state index contributed by atoms with van der Waals surface area (Å²) in [5, 5.41) is 10.7. The molecular weight excluding hydrogens is 244 g/mol. The fourth-order valence-corrected chi connectivity index (χ4v) is 2.16. The average molecular weight is 259 g/mol. The van der Waals surface area contributed by atoms with Gasteiger partial charge >= 0.3 is 0 Å². The van der Waals surface area contributed by atoms with Gasteiger partial charge in [0.15, 0.2) is 0 Å². The number of phenols is 1. The van der Waals surface area contributed by atoms with E-state index in [4.69, 9.17) is 11.6 Å². The lowest BCUT2D eigenvalue weighted by molar-refractivity contribution is 0.467. The summed E-state index contributed by atoms with van der Waals surface area (Å²) < 4.78 is 0. The van der Waals surface area contributed by atoms with Crippen LogP contribution in [-0.4, -0.2) is 5.11 Å². The van der Waals surface area contributed by atoms with Gasteiger partial charge in [0, 0.05) is 16.5 Å². The number of allylic oxidation sites excluding steroid dienone is 1. The van der Waals surface area contributed by atoms with Crippen LogP contribution in [0.25, 0.3) is 0 Å². The Morgan fingerprint density at radius 3 is 2.44 bits per heavy atom. The SMILES string of the molecule is C=CC(c1ccc(Cl)cc1)c1cc(C)ccc1O. The lowest BCUT2D eigenvalue weighted by Crippen LogP contribution is -1.98. The minimum absolute atomic E-state index is 0.0258. The fraction of sp³-hybridized carbons (Fsp3) is 0.125. The molecule has 0 saturated heterocycles. The molecule has 18 heavy (non-hydrogen) atoms. The summed E-state index contributed by atoms with van der Waals surface area (Å²) in [6.07, 6.45) is 1.83. The van der Waals surface area contributed by atoms with Crippen LogP contribution in [-0.2, 0) is 0 Å². The monoisotopic (exact) mass is 258 g/mol. The van der Waals surface area contributed by atoms with Crippen molar-refractivity contribution in [1.82, 2.24) is 0 Å². The number of aryl methyl sites for hydroxylation is 1. The predicted molar refractivity (Wildman–Crippen MR) is 76.3 cm³/mol. The van der Waals surface area contributed by atoms with E-state index in [9.17, 15) is 5.11 Å². The average Bonchev–Trinajstić information content (AvgIpc) is 2.37. The van der Waals surface area contributed by atoms with Crippen molar-refractivity contribution >= 4 is 11.6 Å². The first-order valence-corrected chi connectivity index (χ1v) is 6.17. The third kappa shape index (κ3) is 2.57. The summed E-state index contributed by atoms with van der Waals surface area (Å²) in [5.41, 5.74) is 3.05. The van der Waals surface area contributed by atoms with Crippen molar-refractivity contribution in [3.63, 3.8) is 0 Å². The van der Waals surface area contributed by atoms with Crippen LogP contribution >= 0.6 is 11.6 Å². The van der Waals surface area contributed by atoms with Gasteiger partial charge in [0.1, 0.15) is 5.75 Å². The first-order chi connectivity index (χ1) is 8.61. The van der Waals surface area contributed by atoms with Crippen molar-refractivity contribution in [3.05, 3.63) is 76.8 Å². The van der Waals surface area contributed by atoms with Crippen molar-refractivity contribution in [3.8, 4) is 5.75 Å². The Balaban J connectivity index is 2.48. The quantitative estimate of drug-likeness (QED) is 0.793. The highest BCUT2D eigenvalue weighted by molar-refractivity contribution is 6.30. The Hall–Kier alpha value is -1.73. The lowest BCUT2D eigenvalue weighted by atomic mass is 9.90. The van der Waals surface area contributed by atoms with E-state index in [-0.39, 0.29) is 5.92 Å². The van der Waals surface area contributed by atoms with Gasteiger partial charge in [-0.15, -0.1) is 6.58 Å². The zero-order valence-corrected chi connectivity index (χ0v) is 11.0. The summed E-state index contributed by atoms with van der Waals surface area (Å²) in [6, 6.07) is 13.2. The predicted octanol–water partition coefficient (Wildman–Crippen LogP) is 4.67. The molecule has 0 heterocycles. The summed E-state index contributed by atoms with van der Waals surface area (Å²) in [6.45, 7) is 5.87. The van der Waals surface area contributed by atoms with E-state index in [0.29, 0.717) is 10.8 Å². The van der Waals surface area contributed by atoms with Crippen LogP contribution in [0.4, 0.5) is 0 Å². The fourth-order valence-electron chi connectivity index (χ4n) is 2.04. The molecule has 1 unspecified atom stereocenters. The second-order valence-electron chi connectivity index (χ2n) is 4.33. The van der Waals surface area contributed by atoms with Crippen molar-refractivity contribution < 1.29 is 5.11 Å². The van der Waals surface area contributed by atoms with Gasteiger partial charge in [0.05, 0.1) is 0 Å². The van der Waals surface area contributed by atoms with E-state index in [1.165, 1.54) is 0 Å². The van der Waals surface area contributed by atoms with Gasteiger partial charge in [-0.05, 0) is 30.7 Å². The summed E-state index contributed by atoms with van der Waals surface area (Å²) in [7, 11) is 0. The van der Waals surface area contributed by atoms with E-state index < -0.39 is 0 Å². The smallest absolute Gasteiger partial charge is 0.119 e. The summed E-state index contributed by atoms with van der Waals surface area (Å²) >= 11 is 5.89. The molecule has 0 saturated carbocycles. The lowest BCUT2D eigenvalue weighted by Gasteiger charge is -2.16. The van der Waals surface area contributed by atoms with E-state index in [2.05, 4.69) is 6.58 Å². The Kier molecular flexibility index (Phi) is 3.73. The number of hydrogen-bond donors (Lipinski definition) is 1. The van der Waals surface area contributed by atoms with E-state index >= 15 is 0 Å². The normalized spacial score (nSPS) is 12.1. The molecule has 0 spiro atoms. The topological polar surface area (TPSA) is 20.2 Å². The maximum Gasteiger partial charge on any atom is 0.119 e. The van der Waals surface area contributed by atoms with Gasteiger partial charge in [-0.25, -0.2) is 0 Å². The third-order valence-electron chi connectivity index (χ3n) is 2.98. The molecule has 1 nitrogen and oxygen atoms in total. The minimum Gasteiger partial charge on any atom is -0.508 e. The van der Waals surface area contributed by atoms with Gasteiger partial charge in [-0.3, -0.25) is 0 Å². The van der Waals surface area contributed by atoms with Crippen LogP contribution < -0.4 is 0 Å².